The quantitative estimate of drug-likeness (QED) is 0.521. The number of cyclic esters (lactones) is 2. The van der Waals surface area contributed by atoms with Crippen molar-refractivity contribution in [3.05, 3.63) is 0 Å². The summed E-state index contributed by atoms with van der Waals surface area (Å²) < 4.78 is 9.86. The highest BCUT2D eigenvalue weighted by Crippen LogP contribution is 2.23. The minimum absolute atomic E-state index is 0.0196. The Balaban J connectivity index is 1.44. The Bertz CT molecular complexity index is 386. The van der Waals surface area contributed by atoms with Crippen molar-refractivity contribution in [3.8, 4) is 0 Å². The van der Waals surface area contributed by atoms with Crippen LogP contribution in [0.25, 0.3) is 0 Å². The molecule has 2 fully saturated rings. The van der Waals surface area contributed by atoms with Gasteiger partial charge in [0.25, 0.3) is 0 Å². The molecule has 144 valence electrons. The maximum atomic E-state index is 11.3. The van der Waals surface area contributed by atoms with Crippen molar-refractivity contribution < 1.29 is 29.3 Å². The largest absolute Gasteiger partial charge is 0.465 e. The molecule has 0 aromatic carbocycles. The number of carbonyl (C=O) groups excluding carboxylic acids is 2. The van der Waals surface area contributed by atoms with Crippen molar-refractivity contribution in [2.45, 2.75) is 82.8 Å². The van der Waals surface area contributed by atoms with Gasteiger partial charge in [0.05, 0.1) is 37.3 Å². The average Bonchev–Trinajstić information content (AvgIpc) is 3.16. The van der Waals surface area contributed by atoms with Gasteiger partial charge < -0.3 is 19.7 Å². The van der Waals surface area contributed by atoms with Crippen molar-refractivity contribution in [1.29, 1.82) is 0 Å². The van der Waals surface area contributed by atoms with Crippen molar-refractivity contribution in [2.75, 3.05) is 13.2 Å². The molecule has 0 spiro atoms. The number of hydrogen-bond acceptors (Lipinski definition) is 6. The highest BCUT2D eigenvalue weighted by atomic mass is 16.5. The minimum Gasteiger partial charge on any atom is -0.465 e. The molecule has 0 saturated carbocycles. The molecule has 2 N–H and O–H groups in total. The third-order valence-electron chi connectivity index (χ3n) is 5.34. The number of aliphatic hydroxyl groups excluding tert-OH is 2. The van der Waals surface area contributed by atoms with Gasteiger partial charge >= 0.3 is 11.9 Å². The Hall–Kier alpha value is -1.14. The molecule has 4 atom stereocenters. The molecule has 0 aromatic heterocycles. The zero-order chi connectivity index (χ0) is 18.1. The zero-order valence-electron chi connectivity index (χ0n) is 15.0. The van der Waals surface area contributed by atoms with E-state index in [-0.39, 0.29) is 36.0 Å². The first kappa shape index (κ1) is 20.2. The highest BCUT2D eigenvalue weighted by Gasteiger charge is 2.26. The van der Waals surface area contributed by atoms with Crippen LogP contribution >= 0.6 is 0 Å². The summed E-state index contributed by atoms with van der Waals surface area (Å²) in [6, 6.07) is 0. The topological polar surface area (TPSA) is 93.1 Å². The van der Waals surface area contributed by atoms with Gasteiger partial charge in [0.2, 0.25) is 0 Å². The van der Waals surface area contributed by atoms with E-state index >= 15 is 0 Å². The number of hydrogen-bond donors (Lipinski definition) is 2. The van der Waals surface area contributed by atoms with Crippen LogP contribution in [0.15, 0.2) is 0 Å². The highest BCUT2D eigenvalue weighted by molar-refractivity contribution is 5.74. The molecule has 2 saturated heterocycles. The standard InChI is InChI=1S/C19H32O6/c20-16(6-1-4-14-10-12-24-18(14)22)8-3-9-17(21)7-2-5-15-11-13-25-19(15)23/h14-17,20-21H,1-13H2. The van der Waals surface area contributed by atoms with Crippen LogP contribution < -0.4 is 0 Å². The number of aliphatic hydroxyl groups is 2. The number of rotatable bonds is 12. The lowest BCUT2D eigenvalue weighted by molar-refractivity contribution is -0.142. The van der Waals surface area contributed by atoms with Crippen LogP contribution in [0.1, 0.15) is 70.6 Å². The van der Waals surface area contributed by atoms with Gasteiger partial charge in [0.15, 0.2) is 0 Å². The molecule has 6 nitrogen and oxygen atoms in total. The molecule has 2 rings (SSSR count). The number of carbonyl (C=O) groups is 2. The summed E-state index contributed by atoms with van der Waals surface area (Å²) >= 11 is 0. The van der Waals surface area contributed by atoms with E-state index in [1.165, 1.54) is 0 Å². The van der Waals surface area contributed by atoms with Gasteiger partial charge in [0, 0.05) is 0 Å². The second-order valence-corrected chi connectivity index (χ2v) is 7.41. The molecule has 0 aromatic rings. The Morgan fingerprint density at radius 1 is 0.760 bits per heavy atom. The first-order chi connectivity index (χ1) is 12.1. The monoisotopic (exact) mass is 356 g/mol. The van der Waals surface area contributed by atoms with Crippen LogP contribution in [-0.4, -0.2) is 47.6 Å². The summed E-state index contributed by atoms with van der Waals surface area (Å²) in [4.78, 5) is 22.7. The second-order valence-electron chi connectivity index (χ2n) is 7.41. The van der Waals surface area contributed by atoms with Gasteiger partial charge in [-0.15, -0.1) is 0 Å². The molecule has 2 aliphatic rings. The lowest BCUT2D eigenvalue weighted by Crippen LogP contribution is -2.13. The van der Waals surface area contributed by atoms with Gasteiger partial charge in [-0.2, -0.15) is 0 Å². The summed E-state index contributed by atoms with van der Waals surface area (Å²) in [5.41, 5.74) is 0. The molecular weight excluding hydrogens is 324 g/mol. The van der Waals surface area contributed by atoms with Crippen LogP contribution in [0.5, 0.6) is 0 Å². The fraction of sp³-hybridized carbons (Fsp3) is 0.895. The van der Waals surface area contributed by atoms with Crippen LogP contribution in [0, 0.1) is 11.8 Å². The van der Waals surface area contributed by atoms with Gasteiger partial charge in [0.1, 0.15) is 0 Å². The first-order valence-electron chi connectivity index (χ1n) is 9.75. The predicted octanol–water partition coefficient (Wildman–Crippen LogP) is 2.35. The van der Waals surface area contributed by atoms with Crippen LogP contribution in [0.4, 0.5) is 0 Å². The third-order valence-corrected chi connectivity index (χ3v) is 5.34. The summed E-state index contributed by atoms with van der Waals surface area (Å²) in [7, 11) is 0. The normalized spacial score (nSPS) is 25.7. The molecule has 25 heavy (non-hydrogen) atoms. The van der Waals surface area contributed by atoms with Crippen molar-refractivity contribution in [1.82, 2.24) is 0 Å². The Kier molecular flexibility index (Phi) is 8.68. The SMILES string of the molecule is O=C1OCCC1CCCC(O)CCCC(O)CCCC1CCOC1=O. The summed E-state index contributed by atoms with van der Waals surface area (Å²) in [5.74, 6) is -0.149. The van der Waals surface area contributed by atoms with E-state index in [1.54, 1.807) is 0 Å². The fourth-order valence-corrected chi connectivity index (χ4v) is 3.68. The van der Waals surface area contributed by atoms with Crippen molar-refractivity contribution in [2.24, 2.45) is 11.8 Å². The van der Waals surface area contributed by atoms with Crippen LogP contribution in [0.3, 0.4) is 0 Å². The van der Waals surface area contributed by atoms with E-state index in [2.05, 4.69) is 0 Å². The minimum atomic E-state index is -0.363. The van der Waals surface area contributed by atoms with Crippen LogP contribution in [0.2, 0.25) is 0 Å². The molecule has 0 aliphatic carbocycles. The number of ether oxygens (including phenoxy) is 2. The lowest BCUT2D eigenvalue weighted by atomic mass is 9.96. The molecular formula is C19H32O6. The van der Waals surface area contributed by atoms with Gasteiger partial charge in [-0.1, -0.05) is 12.8 Å². The smallest absolute Gasteiger partial charge is 0.309 e. The maximum absolute atomic E-state index is 11.3. The first-order valence-corrected chi connectivity index (χ1v) is 9.75. The van der Waals surface area contributed by atoms with E-state index in [9.17, 15) is 19.8 Å². The molecule has 0 radical (unpaired) electrons. The maximum Gasteiger partial charge on any atom is 0.309 e. The van der Waals surface area contributed by atoms with E-state index in [1.807, 2.05) is 0 Å². The predicted molar refractivity (Wildman–Crippen MR) is 91.7 cm³/mol. The van der Waals surface area contributed by atoms with Crippen molar-refractivity contribution in [3.63, 3.8) is 0 Å². The van der Waals surface area contributed by atoms with Gasteiger partial charge in [-0.3, -0.25) is 9.59 Å². The third kappa shape index (κ3) is 7.32. The zero-order valence-corrected chi connectivity index (χ0v) is 15.0. The van der Waals surface area contributed by atoms with E-state index in [0.717, 1.165) is 44.9 Å². The molecule has 2 heterocycles. The molecule has 0 bridgehead atoms. The molecule has 6 heteroatoms. The second kappa shape index (κ2) is 10.8. The van der Waals surface area contributed by atoms with Crippen molar-refractivity contribution >= 4 is 11.9 Å². The fourth-order valence-electron chi connectivity index (χ4n) is 3.68. The van der Waals surface area contributed by atoms with E-state index < -0.39 is 0 Å². The lowest BCUT2D eigenvalue weighted by Gasteiger charge is -2.14. The average molecular weight is 356 g/mol. The van der Waals surface area contributed by atoms with E-state index in [0.29, 0.717) is 38.9 Å². The summed E-state index contributed by atoms with van der Waals surface area (Å²) in [6.07, 6.45) is 7.69. The Labute approximate surface area is 149 Å². The van der Waals surface area contributed by atoms with Gasteiger partial charge in [-0.25, -0.2) is 0 Å². The van der Waals surface area contributed by atoms with Crippen LogP contribution in [-0.2, 0) is 19.1 Å². The molecule has 4 unspecified atom stereocenters. The summed E-state index contributed by atoms with van der Waals surface area (Å²) in [5, 5.41) is 20.0. The Morgan fingerprint density at radius 2 is 1.16 bits per heavy atom. The molecule has 2 aliphatic heterocycles. The van der Waals surface area contributed by atoms with Gasteiger partial charge in [-0.05, 0) is 57.8 Å². The van der Waals surface area contributed by atoms with E-state index in [4.69, 9.17) is 9.47 Å². The molecule has 0 amide bonds. The number of esters is 2. The summed E-state index contributed by atoms with van der Waals surface area (Å²) in [6.45, 7) is 1.07. The Morgan fingerprint density at radius 3 is 1.52 bits per heavy atom.